The van der Waals surface area contributed by atoms with Crippen LogP contribution in [-0.4, -0.2) is 59.8 Å². The van der Waals surface area contributed by atoms with Crippen LogP contribution in [-0.2, 0) is 14.3 Å². The predicted molar refractivity (Wildman–Crippen MR) is 152 cm³/mol. The van der Waals surface area contributed by atoms with Crippen molar-refractivity contribution >= 4 is 23.6 Å². The molecular formula is C30H43N3O6. The van der Waals surface area contributed by atoms with Crippen molar-refractivity contribution in [3.8, 4) is 5.75 Å². The number of hydrogen-bond donors (Lipinski definition) is 3. The molecule has 2 aromatic carbocycles. The first-order valence-corrected chi connectivity index (χ1v) is 13.3. The van der Waals surface area contributed by atoms with Crippen LogP contribution in [0.25, 0.3) is 0 Å². The molecule has 0 saturated heterocycles. The number of ether oxygens (including phenoxy) is 2. The number of rotatable bonds is 12. The fourth-order valence-electron chi connectivity index (χ4n) is 4.12. The van der Waals surface area contributed by atoms with Crippen LogP contribution in [0.5, 0.6) is 5.75 Å². The Morgan fingerprint density at radius 1 is 1.03 bits per heavy atom. The number of nitrogens with zero attached hydrogens (tertiary/aromatic N) is 1. The number of carbonyl (C=O) groups excluding carboxylic acids is 3. The van der Waals surface area contributed by atoms with Crippen molar-refractivity contribution in [2.24, 2.45) is 0 Å². The molecule has 214 valence electrons. The number of hydrogen-bond acceptors (Lipinski definition) is 6. The molecule has 0 heterocycles. The summed E-state index contributed by atoms with van der Waals surface area (Å²) in [6, 6.07) is 10.4. The Balaban J connectivity index is 2.52. The Labute approximate surface area is 231 Å². The molecule has 39 heavy (non-hydrogen) atoms. The highest BCUT2D eigenvalue weighted by Gasteiger charge is 2.36. The molecule has 0 aliphatic rings. The van der Waals surface area contributed by atoms with E-state index in [1.165, 1.54) is 4.90 Å². The highest BCUT2D eigenvalue weighted by molar-refractivity contribution is 5.99. The van der Waals surface area contributed by atoms with Crippen LogP contribution in [0.2, 0.25) is 0 Å². The number of benzene rings is 2. The number of alkyl carbamates (subject to hydrolysis) is 1. The maximum atomic E-state index is 13.9. The maximum Gasteiger partial charge on any atom is 0.408 e. The molecular weight excluding hydrogens is 498 g/mol. The predicted octanol–water partition coefficient (Wildman–Crippen LogP) is 4.90. The summed E-state index contributed by atoms with van der Waals surface area (Å²) in [7, 11) is 1.56. The topological polar surface area (TPSA) is 117 Å². The number of methoxy groups -OCH3 is 1. The second-order valence-electron chi connectivity index (χ2n) is 10.6. The van der Waals surface area contributed by atoms with Gasteiger partial charge < -0.3 is 30.1 Å². The number of anilines is 1. The second-order valence-corrected chi connectivity index (χ2v) is 10.6. The van der Waals surface area contributed by atoms with Gasteiger partial charge in [0.1, 0.15) is 23.4 Å². The van der Waals surface area contributed by atoms with Gasteiger partial charge in [0.05, 0.1) is 13.7 Å². The minimum atomic E-state index is -1.29. The number of aryl methyl sites for hydroxylation is 2. The van der Waals surface area contributed by atoms with Crippen LogP contribution in [0.4, 0.5) is 10.5 Å². The highest BCUT2D eigenvalue weighted by atomic mass is 16.6. The van der Waals surface area contributed by atoms with Gasteiger partial charge >= 0.3 is 6.09 Å². The molecule has 2 rings (SSSR count). The van der Waals surface area contributed by atoms with Crippen molar-refractivity contribution in [2.45, 2.75) is 78.5 Å². The number of carbonyl (C=O) groups is 3. The van der Waals surface area contributed by atoms with E-state index in [2.05, 4.69) is 10.6 Å². The van der Waals surface area contributed by atoms with Crippen molar-refractivity contribution < 1.29 is 29.0 Å². The summed E-state index contributed by atoms with van der Waals surface area (Å²) in [6.07, 6.45) is 1.57. The summed E-state index contributed by atoms with van der Waals surface area (Å²) < 4.78 is 10.5. The van der Waals surface area contributed by atoms with E-state index in [0.717, 1.165) is 24.0 Å². The van der Waals surface area contributed by atoms with Gasteiger partial charge in [0.15, 0.2) is 0 Å². The molecule has 9 heteroatoms. The number of unbranched alkanes of at least 4 members (excludes halogenated alkanes) is 2. The highest BCUT2D eigenvalue weighted by Crippen LogP contribution is 2.29. The summed E-state index contributed by atoms with van der Waals surface area (Å²) in [5.41, 5.74) is 2.20. The van der Waals surface area contributed by atoms with E-state index in [4.69, 9.17) is 9.47 Å². The minimum Gasteiger partial charge on any atom is -0.497 e. The Bertz CT molecular complexity index is 1110. The first kappa shape index (κ1) is 31.6. The fraction of sp³-hybridized carbons (Fsp3) is 0.500. The Kier molecular flexibility index (Phi) is 11.8. The molecule has 3 amide bonds. The molecule has 9 nitrogen and oxygen atoms in total. The SMILES string of the molecule is CCCCCN(C(=O)C(CO)NC(=O)OC(C)(C)C)C(C(=O)Nc1ccc(OC)cc1)c1cc(C)ccc1C. The van der Waals surface area contributed by atoms with Crippen molar-refractivity contribution in [2.75, 3.05) is 25.6 Å². The maximum absolute atomic E-state index is 13.9. The molecule has 0 bridgehead atoms. The lowest BCUT2D eigenvalue weighted by Crippen LogP contribution is -2.54. The molecule has 2 unspecified atom stereocenters. The van der Waals surface area contributed by atoms with E-state index in [9.17, 15) is 19.5 Å². The van der Waals surface area contributed by atoms with Gasteiger partial charge in [-0.2, -0.15) is 0 Å². The fourth-order valence-corrected chi connectivity index (χ4v) is 4.12. The zero-order valence-electron chi connectivity index (χ0n) is 24.2. The first-order valence-electron chi connectivity index (χ1n) is 13.3. The molecule has 2 aromatic rings. The third kappa shape index (κ3) is 9.58. The summed E-state index contributed by atoms with van der Waals surface area (Å²) in [5.74, 6) is -0.336. The number of nitrogens with one attached hydrogen (secondary N) is 2. The van der Waals surface area contributed by atoms with Gasteiger partial charge in [0, 0.05) is 12.2 Å². The third-order valence-corrected chi connectivity index (χ3v) is 6.10. The molecule has 3 N–H and O–H groups in total. The molecule has 0 radical (unpaired) electrons. The lowest BCUT2D eigenvalue weighted by molar-refractivity contribution is -0.141. The lowest BCUT2D eigenvalue weighted by Gasteiger charge is -2.35. The van der Waals surface area contributed by atoms with Gasteiger partial charge in [-0.05, 0) is 76.4 Å². The smallest absolute Gasteiger partial charge is 0.408 e. The van der Waals surface area contributed by atoms with Gasteiger partial charge in [-0.1, -0.05) is 43.5 Å². The van der Waals surface area contributed by atoms with Crippen LogP contribution in [0.15, 0.2) is 42.5 Å². The Morgan fingerprint density at radius 3 is 2.26 bits per heavy atom. The summed E-state index contributed by atoms with van der Waals surface area (Å²) >= 11 is 0. The average molecular weight is 542 g/mol. The largest absolute Gasteiger partial charge is 0.497 e. The van der Waals surface area contributed by atoms with Gasteiger partial charge in [0.2, 0.25) is 5.91 Å². The standard InChI is InChI=1S/C30H43N3O6/c1-8-9-10-17-33(28(36)25(19-34)32-29(37)39-30(4,5)6)26(24-18-20(2)11-12-21(24)3)27(35)31-22-13-15-23(38-7)16-14-22/h11-16,18,25-26,34H,8-10,17,19H2,1-7H3,(H,31,35)(H,32,37). The second kappa shape index (κ2) is 14.5. The van der Waals surface area contributed by atoms with E-state index >= 15 is 0 Å². The summed E-state index contributed by atoms with van der Waals surface area (Å²) in [6.45, 7) is 10.6. The Hall–Kier alpha value is -3.59. The van der Waals surface area contributed by atoms with Crippen LogP contribution < -0.4 is 15.4 Å². The zero-order valence-corrected chi connectivity index (χ0v) is 24.2. The zero-order chi connectivity index (χ0) is 29.2. The first-order chi connectivity index (χ1) is 18.4. The van der Waals surface area contributed by atoms with Crippen molar-refractivity contribution in [1.82, 2.24) is 10.2 Å². The molecule has 0 fully saturated rings. The molecule has 0 aliphatic carbocycles. The van der Waals surface area contributed by atoms with Crippen LogP contribution in [0.3, 0.4) is 0 Å². The number of aliphatic hydroxyl groups excluding tert-OH is 1. The van der Waals surface area contributed by atoms with Gasteiger partial charge in [0.25, 0.3) is 5.91 Å². The molecule has 0 aliphatic heterocycles. The summed E-state index contributed by atoms with van der Waals surface area (Å²) in [5, 5.41) is 15.5. The molecule has 0 spiro atoms. The average Bonchev–Trinajstić information content (AvgIpc) is 2.87. The number of amides is 3. The van der Waals surface area contributed by atoms with Gasteiger partial charge in [-0.25, -0.2) is 4.79 Å². The number of aliphatic hydroxyl groups is 1. The summed E-state index contributed by atoms with van der Waals surface area (Å²) in [4.78, 5) is 41.8. The van der Waals surface area contributed by atoms with Crippen LogP contribution >= 0.6 is 0 Å². The van der Waals surface area contributed by atoms with Gasteiger partial charge in [-0.15, -0.1) is 0 Å². The van der Waals surface area contributed by atoms with Crippen LogP contribution in [0, 0.1) is 13.8 Å². The van der Waals surface area contributed by atoms with E-state index in [1.807, 2.05) is 39.0 Å². The van der Waals surface area contributed by atoms with Gasteiger partial charge in [-0.3, -0.25) is 9.59 Å². The van der Waals surface area contributed by atoms with Crippen molar-refractivity contribution in [3.63, 3.8) is 0 Å². The van der Waals surface area contributed by atoms with Crippen LogP contribution in [0.1, 0.15) is 69.7 Å². The lowest BCUT2D eigenvalue weighted by atomic mass is 9.95. The van der Waals surface area contributed by atoms with E-state index in [1.54, 1.807) is 52.1 Å². The molecule has 0 saturated carbocycles. The van der Waals surface area contributed by atoms with E-state index in [0.29, 0.717) is 23.4 Å². The normalized spacial score (nSPS) is 12.7. The van der Waals surface area contributed by atoms with Crippen molar-refractivity contribution in [1.29, 1.82) is 0 Å². The molecule has 2 atom stereocenters. The molecule has 0 aromatic heterocycles. The van der Waals surface area contributed by atoms with E-state index < -0.39 is 42.2 Å². The third-order valence-electron chi connectivity index (χ3n) is 6.10. The minimum absolute atomic E-state index is 0.257. The van der Waals surface area contributed by atoms with E-state index in [-0.39, 0.29) is 6.54 Å². The monoisotopic (exact) mass is 541 g/mol. The quantitative estimate of drug-likeness (QED) is 0.329. The Morgan fingerprint density at radius 2 is 1.69 bits per heavy atom. The van der Waals surface area contributed by atoms with Crippen molar-refractivity contribution in [3.05, 3.63) is 59.2 Å².